The molecule has 0 saturated heterocycles. The van der Waals surface area contributed by atoms with Gasteiger partial charge in [0.05, 0.1) is 4.92 Å². The van der Waals surface area contributed by atoms with Crippen LogP contribution in [-0.4, -0.2) is 10.7 Å². The standard InChI is InChI=1S/C15H11NO3/c1-11(12-5-3-2-4-6-12)15(17)13-7-9-14(10-8-13)16(18)19/h2-10H,1H2. The number of nitrogens with zero attached hydrogens (tertiary/aromatic N) is 1. The number of carbonyl (C=O) groups excluding carboxylic acids is 1. The Morgan fingerprint density at radius 2 is 1.53 bits per heavy atom. The van der Waals surface area contributed by atoms with Crippen molar-refractivity contribution in [3.8, 4) is 0 Å². The highest BCUT2D eigenvalue weighted by atomic mass is 16.6. The van der Waals surface area contributed by atoms with Gasteiger partial charge in [-0.1, -0.05) is 36.9 Å². The molecule has 94 valence electrons. The lowest BCUT2D eigenvalue weighted by molar-refractivity contribution is -0.384. The molecule has 19 heavy (non-hydrogen) atoms. The molecule has 0 spiro atoms. The van der Waals surface area contributed by atoms with Crippen LogP contribution in [0.15, 0.2) is 61.2 Å². The summed E-state index contributed by atoms with van der Waals surface area (Å²) < 4.78 is 0. The zero-order valence-electron chi connectivity index (χ0n) is 10.1. The van der Waals surface area contributed by atoms with E-state index in [1.165, 1.54) is 24.3 Å². The number of nitro benzene ring substituents is 1. The van der Waals surface area contributed by atoms with Crippen molar-refractivity contribution in [3.05, 3.63) is 82.4 Å². The molecule has 4 heteroatoms. The first kappa shape index (κ1) is 12.7. The molecule has 0 radical (unpaired) electrons. The Hall–Kier alpha value is -2.75. The predicted octanol–water partition coefficient (Wildman–Crippen LogP) is 3.49. The van der Waals surface area contributed by atoms with Crippen molar-refractivity contribution in [2.75, 3.05) is 0 Å². The number of allylic oxidation sites excluding steroid dienone is 1. The van der Waals surface area contributed by atoms with Crippen LogP contribution in [0.25, 0.3) is 5.57 Å². The summed E-state index contributed by atoms with van der Waals surface area (Å²) in [5.74, 6) is -0.235. The number of nitro groups is 1. The highest BCUT2D eigenvalue weighted by molar-refractivity contribution is 6.28. The minimum atomic E-state index is -0.500. The van der Waals surface area contributed by atoms with Gasteiger partial charge in [0.15, 0.2) is 5.78 Å². The quantitative estimate of drug-likeness (QED) is 0.362. The summed E-state index contributed by atoms with van der Waals surface area (Å²) >= 11 is 0. The Morgan fingerprint density at radius 1 is 0.947 bits per heavy atom. The maximum Gasteiger partial charge on any atom is 0.269 e. The van der Waals surface area contributed by atoms with Crippen molar-refractivity contribution < 1.29 is 9.72 Å². The van der Waals surface area contributed by atoms with E-state index in [9.17, 15) is 14.9 Å². The van der Waals surface area contributed by atoms with Gasteiger partial charge in [0.25, 0.3) is 5.69 Å². The van der Waals surface area contributed by atoms with Crippen LogP contribution in [0.4, 0.5) is 5.69 Å². The van der Waals surface area contributed by atoms with Gasteiger partial charge in [-0.25, -0.2) is 0 Å². The van der Waals surface area contributed by atoms with Gasteiger partial charge in [0.2, 0.25) is 0 Å². The van der Waals surface area contributed by atoms with Crippen molar-refractivity contribution in [1.82, 2.24) is 0 Å². The van der Waals surface area contributed by atoms with Gasteiger partial charge in [0, 0.05) is 23.3 Å². The van der Waals surface area contributed by atoms with Crippen molar-refractivity contribution in [1.29, 1.82) is 0 Å². The summed E-state index contributed by atoms with van der Waals surface area (Å²) in [5, 5.41) is 10.5. The number of hydrogen-bond donors (Lipinski definition) is 0. The first-order chi connectivity index (χ1) is 9.09. The highest BCUT2D eigenvalue weighted by Crippen LogP contribution is 2.19. The lowest BCUT2D eigenvalue weighted by atomic mass is 9.98. The number of non-ortho nitro benzene ring substituents is 1. The second-order valence-electron chi connectivity index (χ2n) is 3.98. The molecule has 0 fully saturated rings. The Morgan fingerprint density at radius 3 is 2.05 bits per heavy atom. The largest absolute Gasteiger partial charge is 0.289 e. The molecule has 0 unspecified atom stereocenters. The molecular formula is C15H11NO3. The van der Waals surface area contributed by atoms with Gasteiger partial charge in [-0.3, -0.25) is 14.9 Å². The fourth-order valence-corrected chi connectivity index (χ4v) is 1.68. The zero-order valence-corrected chi connectivity index (χ0v) is 10.1. The smallest absolute Gasteiger partial charge is 0.269 e. The Labute approximate surface area is 110 Å². The maximum absolute atomic E-state index is 12.2. The van der Waals surface area contributed by atoms with E-state index in [1.807, 2.05) is 18.2 Å². The third-order valence-electron chi connectivity index (χ3n) is 2.74. The molecule has 2 aromatic rings. The summed E-state index contributed by atoms with van der Waals surface area (Å²) in [6, 6.07) is 14.6. The summed E-state index contributed by atoms with van der Waals surface area (Å²) in [4.78, 5) is 22.2. The van der Waals surface area contributed by atoms with Gasteiger partial charge in [-0.15, -0.1) is 0 Å². The Kier molecular flexibility index (Phi) is 3.52. The van der Waals surface area contributed by atoms with E-state index in [0.717, 1.165) is 5.56 Å². The second-order valence-corrected chi connectivity index (χ2v) is 3.98. The fraction of sp³-hybridized carbons (Fsp3) is 0. The molecule has 0 atom stereocenters. The van der Waals surface area contributed by atoms with Crippen LogP contribution in [0.5, 0.6) is 0 Å². The minimum Gasteiger partial charge on any atom is -0.289 e. The average Bonchev–Trinajstić information content (AvgIpc) is 2.46. The number of hydrogen-bond acceptors (Lipinski definition) is 3. The van der Waals surface area contributed by atoms with E-state index in [4.69, 9.17) is 0 Å². The van der Waals surface area contributed by atoms with Gasteiger partial charge in [-0.2, -0.15) is 0 Å². The van der Waals surface area contributed by atoms with Crippen molar-refractivity contribution >= 4 is 17.0 Å². The van der Waals surface area contributed by atoms with Crippen LogP contribution in [0.2, 0.25) is 0 Å². The van der Waals surface area contributed by atoms with Crippen molar-refractivity contribution in [3.63, 3.8) is 0 Å². The normalized spacial score (nSPS) is 9.89. The zero-order chi connectivity index (χ0) is 13.8. The molecular weight excluding hydrogens is 242 g/mol. The van der Waals surface area contributed by atoms with Crippen LogP contribution in [-0.2, 0) is 0 Å². The number of ketones is 1. The molecule has 2 aromatic carbocycles. The van der Waals surface area contributed by atoms with Crippen LogP contribution in [0.1, 0.15) is 15.9 Å². The van der Waals surface area contributed by atoms with Gasteiger partial charge in [0.1, 0.15) is 0 Å². The molecule has 0 aliphatic rings. The molecule has 0 aromatic heterocycles. The van der Waals surface area contributed by atoms with Crippen LogP contribution >= 0.6 is 0 Å². The molecule has 4 nitrogen and oxygen atoms in total. The summed E-state index contributed by atoms with van der Waals surface area (Å²) in [6.45, 7) is 3.78. The van der Waals surface area contributed by atoms with E-state index in [-0.39, 0.29) is 11.5 Å². The van der Waals surface area contributed by atoms with Gasteiger partial charge >= 0.3 is 0 Å². The van der Waals surface area contributed by atoms with Gasteiger partial charge in [-0.05, 0) is 17.7 Å². The molecule has 0 bridgehead atoms. The Balaban J connectivity index is 2.25. The van der Waals surface area contributed by atoms with Crippen LogP contribution < -0.4 is 0 Å². The second kappa shape index (κ2) is 5.27. The fourth-order valence-electron chi connectivity index (χ4n) is 1.68. The van der Waals surface area contributed by atoms with Gasteiger partial charge < -0.3 is 0 Å². The SMILES string of the molecule is C=C(C(=O)c1ccc([N+](=O)[O-])cc1)c1ccccc1. The van der Waals surface area contributed by atoms with E-state index >= 15 is 0 Å². The first-order valence-electron chi connectivity index (χ1n) is 5.63. The minimum absolute atomic E-state index is 0.0399. The topological polar surface area (TPSA) is 60.2 Å². The number of rotatable bonds is 4. The summed E-state index contributed by atoms with van der Waals surface area (Å²) in [5.41, 5.74) is 1.46. The molecule has 2 rings (SSSR count). The Bertz CT molecular complexity index is 630. The summed E-state index contributed by atoms with van der Waals surface area (Å²) in [6.07, 6.45) is 0. The van der Waals surface area contributed by atoms with Crippen LogP contribution in [0.3, 0.4) is 0 Å². The monoisotopic (exact) mass is 253 g/mol. The third-order valence-corrected chi connectivity index (χ3v) is 2.74. The van der Waals surface area contributed by atoms with E-state index in [0.29, 0.717) is 11.1 Å². The molecule has 0 N–H and O–H groups in total. The molecule has 0 aliphatic heterocycles. The lowest BCUT2D eigenvalue weighted by Gasteiger charge is -2.04. The first-order valence-corrected chi connectivity index (χ1v) is 5.63. The highest BCUT2D eigenvalue weighted by Gasteiger charge is 2.13. The molecule has 0 saturated carbocycles. The average molecular weight is 253 g/mol. The molecule has 0 aliphatic carbocycles. The molecule has 0 heterocycles. The van der Waals surface area contributed by atoms with Crippen LogP contribution in [0, 0.1) is 10.1 Å². The van der Waals surface area contributed by atoms with Crippen molar-refractivity contribution in [2.45, 2.75) is 0 Å². The van der Waals surface area contributed by atoms with E-state index in [2.05, 4.69) is 6.58 Å². The lowest BCUT2D eigenvalue weighted by Crippen LogP contribution is -2.01. The number of carbonyl (C=O) groups is 1. The van der Waals surface area contributed by atoms with Crippen molar-refractivity contribution in [2.24, 2.45) is 0 Å². The summed E-state index contributed by atoms with van der Waals surface area (Å²) in [7, 11) is 0. The number of benzene rings is 2. The molecule has 0 amide bonds. The number of Topliss-reactive ketones (excluding diaryl/α,β-unsaturated/α-hetero) is 1. The van der Waals surface area contributed by atoms with E-state index < -0.39 is 4.92 Å². The van der Waals surface area contributed by atoms with E-state index in [1.54, 1.807) is 12.1 Å². The third kappa shape index (κ3) is 2.74. The predicted molar refractivity (Wildman–Crippen MR) is 72.9 cm³/mol. The maximum atomic E-state index is 12.2.